The van der Waals surface area contributed by atoms with E-state index in [1.165, 1.54) is 39.9 Å². The van der Waals surface area contributed by atoms with Crippen LogP contribution in [-0.2, 0) is 4.79 Å². The van der Waals surface area contributed by atoms with E-state index in [-0.39, 0.29) is 17.9 Å². The predicted molar refractivity (Wildman–Crippen MR) is 135 cm³/mol. The topological polar surface area (TPSA) is 63.4 Å². The fraction of sp³-hybridized carbons (Fsp3) is 0.417. The van der Waals surface area contributed by atoms with Crippen LogP contribution in [0.3, 0.4) is 0 Å². The quantitative estimate of drug-likeness (QED) is 0.396. The molecule has 0 saturated heterocycles. The molecule has 3 aromatic heterocycles. The zero-order valence-electron chi connectivity index (χ0n) is 18.4. The summed E-state index contributed by atoms with van der Waals surface area (Å²) in [6.45, 7) is 1.99. The van der Waals surface area contributed by atoms with Crippen LogP contribution in [0, 0.1) is 12.8 Å². The highest BCUT2D eigenvalue weighted by molar-refractivity contribution is 7.99. The standard InChI is InChI=1S/C24H25N5OS3/c1-15-25-26-24(28(15)17-9-10-17)33-14-21(30)29-23(20-8-4-12-32-20)19-7-2-5-16(22(19)27-29)13-18-6-3-11-31-18/h3-4,6,8,11-13,17,19,23H,2,5,7,9-10,14H2,1H3/b16-13-/t19-,23+/m1/s1. The van der Waals surface area contributed by atoms with Gasteiger partial charge in [-0.25, -0.2) is 5.01 Å². The van der Waals surface area contributed by atoms with Crippen molar-refractivity contribution in [3.8, 4) is 0 Å². The number of hydrogen-bond acceptors (Lipinski definition) is 7. The number of aryl methyl sites for hydroxylation is 1. The van der Waals surface area contributed by atoms with E-state index in [2.05, 4.69) is 55.9 Å². The van der Waals surface area contributed by atoms with Crippen molar-refractivity contribution >= 4 is 52.1 Å². The SMILES string of the molecule is Cc1nnc(SCC(=O)N2N=C3/C(=C\c4cccs4)CCC[C@H]3[C@H]2c2cccs2)n1C1CC1. The molecule has 1 aliphatic heterocycles. The van der Waals surface area contributed by atoms with Crippen molar-refractivity contribution < 1.29 is 4.79 Å². The Morgan fingerprint density at radius 3 is 2.79 bits per heavy atom. The molecule has 2 fully saturated rings. The van der Waals surface area contributed by atoms with Gasteiger partial charge in [0.15, 0.2) is 5.16 Å². The fourth-order valence-corrected chi connectivity index (χ4v) is 7.34. The van der Waals surface area contributed by atoms with Crippen LogP contribution in [0.5, 0.6) is 0 Å². The van der Waals surface area contributed by atoms with Crippen molar-refractivity contribution in [1.29, 1.82) is 0 Å². The first-order chi connectivity index (χ1) is 16.2. The number of thiophene rings is 2. The average molecular weight is 496 g/mol. The first-order valence-electron chi connectivity index (χ1n) is 11.4. The zero-order chi connectivity index (χ0) is 22.4. The molecule has 0 N–H and O–H groups in total. The molecule has 4 heterocycles. The number of amides is 1. The molecule has 3 aromatic rings. The molecule has 2 atom stereocenters. The van der Waals surface area contributed by atoms with Gasteiger partial charge >= 0.3 is 0 Å². The Balaban J connectivity index is 1.28. The number of hydrazone groups is 1. The van der Waals surface area contributed by atoms with E-state index in [9.17, 15) is 4.79 Å². The molecule has 170 valence electrons. The molecule has 1 amide bonds. The summed E-state index contributed by atoms with van der Waals surface area (Å²) in [7, 11) is 0. The van der Waals surface area contributed by atoms with Gasteiger partial charge < -0.3 is 4.57 Å². The Morgan fingerprint density at radius 2 is 2.03 bits per heavy atom. The van der Waals surface area contributed by atoms with Gasteiger partial charge in [0, 0.05) is 21.7 Å². The van der Waals surface area contributed by atoms with Crippen LogP contribution in [0.25, 0.3) is 6.08 Å². The first-order valence-corrected chi connectivity index (χ1v) is 14.2. The maximum absolute atomic E-state index is 13.5. The lowest BCUT2D eigenvalue weighted by Gasteiger charge is -2.28. The fourth-order valence-electron chi connectivity index (χ4n) is 4.88. The first kappa shape index (κ1) is 21.3. The molecular weight excluding hydrogens is 470 g/mol. The molecule has 6 rings (SSSR count). The molecule has 0 radical (unpaired) electrons. The molecular formula is C24H25N5OS3. The van der Waals surface area contributed by atoms with Gasteiger partial charge in [0.05, 0.1) is 17.5 Å². The van der Waals surface area contributed by atoms with E-state index >= 15 is 0 Å². The minimum absolute atomic E-state index is 0.0110. The summed E-state index contributed by atoms with van der Waals surface area (Å²) in [5.41, 5.74) is 2.38. The average Bonchev–Trinajstić information content (AvgIpc) is 3.26. The van der Waals surface area contributed by atoms with Gasteiger partial charge in [-0.15, -0.1) is 32.9 Å². The van der Waals surface area contributed by atoms with Crippen LogP contribution in [0.15, 0.2) is 50.9 Å². The normalized spacial score (nSPS) is 23.7. The Hall–Kier alpha value is -2.23. The molecule has 33 heavy (non-hydrogen) atoms. The van der Waals surface area contributed by atoms with Crippen molar-refractivity contribution in [3.63, 3.8) is 0 Å². The number of carbonyl (C=O) groups is 1. The number of allylic oxidation sites excluding steroid dienone is 1. The van der Waals surface area contributed by atoms with Crippen molar-refractivity contribution in [2.24, 2.45) is 11.0 Å². The van der Waals surface area contributed by atoms with Crippen molar-refractivity contribution in [2.45, 2.75) is 56.3 Å². The van der Waals surface area contributed by atoms with Crippen molar-refractivity contribution in [3.05, 3.63) is 56.2 Å². The van der Waals surface area contributed by atoms with Crippen LogP contribution in [-0.4, -0.2) is 37.1 Å². The van der Waals surface area contributed by atoms with Crippen molar-refractivity contribution in [1.82, 2.24) is 19.8 Å². The number of fused-ring (bicyclic) bond motifs is 1. The molecule has 2 aliphatic carbocycles. The van der Waals surface area contributed by atoms with E-state index < -0.39 is 0 Å². The lowest BCUT2D eigenvalue weighted by atomic mass is 9.79. The summed E-state index contributed by atoms with van der Waals surface area (Å²) < 4.78 is 2.19. The van der Waals surface area contributed by atoms with Crippen LogP contribution in [0.2, 0.25) is 0 Å². The molecule has 0 bridgehead atoms. The number of nitrogens with zero attached hydrogens (tertiary/aromatic N) is 5. The second-order valence-electron chi connectivity index (χ2n) is 8.79. The number of hydrogen-bond donors (Lipinski definition) is 0. The van der Waals surface area contributed by atoms with E-state index in [1.54, 1.807) is 27.7 Å². The van der Waals surface area contributed by atoms with Crippen molar-refractivity contribution in [2.75, 3.05) is 5.75 Å². The Bertz CT molecular complexity index is 1210. The molecule has 3 aliphatic rings. The molecule has 0 spiro atoms. The van der Waals surface area contributed by atoms with E-state index in [0.717, 1.165) is 36.0 Å². The van der Waals surface area contributed by atoms with Crippen LogP contribution in [0.1, 0.15) is 59.8 Å². The summed E-state index contributed by atoms with van der Waals surface area (Å²) in [5, 5.41) is 20.4. The number of carbonyl (C=O) groups excluding carboxylic acids is 1. The molecule has 6 nitrogen and oxygen atoms in total. The second-order valence-corrected chi connectivity index (χ2v) is 11.7. The summed E-state index contributed by atoms with van der Waals surface area (Å²) in [5.74, 6) is 1.55. The third-order valence-electron chi connectivity index (χ3n) is 6.52. The van der Waals surface area contributed by atoms with Gasteiger partial charge in [-0.3, -0.25) is 4.79 Å². The summed E-state index contributed by atoms with van der Waals surface area (Å²) in [6, 6.07) is 8.93. The third-order valence-corrected chi connectivity index (χ3v) is 9.21. The van der Waals surface area contributed by atoms with E-state index in [1.807, 2.05) is 6.92 Å². The highest BCUT2D eigenvalue weighted by Gasteiger charge is 2.44. The Kier molecular flexibility index (Phi) is 5.72. The Labute approximate surface area is 205 Å². The second kappa shape index (κ2) is 8.85. The smallest absolute Gasteiger partial charge is 0.253 e. The predicted octanol–water partition coefficient (Wildman–Crippen LogP) is 5.96. The maximum atomic E-state index is 13.5. The van der Waals surface area contributed by atoms with Crippen LogP contribution in [0.4, 0.5) is 0 Å². The van der Waals surface area contributed by atoms with Gasteiger partial charge in [0.2, 0.25) is 0 Å². The summed E-state index contributed by atoms with van der Waals surface area (Å²) in [6.07, 6.45) is 7.82. The molecule has 9 heteroatoms. The monoisotopic (exact) mass is 495 g/mol. The van der Waals surface area contributed by atoms with Gasteiger partial charge in [0.25, 0.3) is 5.91 Å². The third kappa shape index (κ3) is 4.11. The largest absolute Gasteiger partial charge is 0.303 e. The lowest BCUT2D eigenvalue weighted by Crippen LogP contribution is -2.32. The lowest BCUT2D eigenvalue weighted by molar-refractivity contribution is -0.130. The minimum atomic E-state index is -0.0110. The summed E-state index contributed by atoms with van der Waals surface area (Å²) in [4.78, 5) is 16.0. The van der Waals surface area contributed by atoms with Crippen LogP contribution < -0.4 is 0 Å². The van der Waals surface area contributed by atoms with Gasteiger partial charge in [-0.2, -0.15) is 5.10 Å². The minimum Gasteiger partial charge on any atom is -0.303 e. The molecule has 0 aromatic carbocycles. The van der Waals surface area contributed by atoms with Gasteiger partial charge in [-0.1, -0.05) is 23.9 Å². The number of thioether (sulfide) groups is 1. The number of aromatic nitrogens is 3. The molecule has 0 unspecified atom stereocenters. The van der Waals surface area contributed by atoms with Crippen LogP contribution >= 0.6 is 34.4 Å². The van der Waals surface area contributed by atoms with Gasteiger partial charge in [-0.05, 0) is 73.6 Å². The van der Waals surface area contributed by atoms with E-state index in [0.29, 0.717) is 11.8 Å². The Morgan fingerprint density at radius 1 is 1.18 bits per heavy atom. The highest BCUT2D eigenvalue weighted by atomic mass is 32.2. The zero-order valence-corrected chi connectivity index (χ0v) is 20.8. The summed E-state index contributed by atoms with van der Waals surface area (Å²) >= 11 is 4.95. The number of rotatable bonds is 6. The highest BCUT2D eigenvalue weighted by Crippen LogP contribution is 2.46. The maximum Gasteiger partial charge on any atom is 0.253 e. The van der Waals surface area contributed by atoms with Gasteiger partial charge in [0.1, 0.15) is 5.82 Å². The van der Waals surface area contributed by atoms with E-state index in [4.69, 9.17) is 5.10 Å². The molecule has 2 saturated carbocycles.